The van der Waals surface area contributed by atoms with E-state index in [0.717, 1.165) is 6.42 Å². The van der Waals surface area contributed by atoms with Crippen molar-refractivity contribution in [3.63, 3.8) is 0 Å². The Hall–Kier alpha value is -1.59. The first-order valence-corrected chi connectivity index (χ1v) is 6.10. The highest BCUT2D eigenvalue weighted by molar-refractivity contribution is 5.90. The number of ketones is 1. The number of Topliss-reactive ketones (excluding diaryl/α,β-unsaturated/α-hetero) is 1. The molecule has 6 heteroatoms. The summed E-state index contributed by atoms with van der Waals surface area (Å²) in [6.45, 7) is 1.31. The van der Waals surface area contributed by atoms with Crippen LogP contribution < -0.4 is 0 Å². The first-order valence-electron chi connectivity index (χ1n) is 6.10. The molecular formula is C12H17NO5. The summed E-state index contributed by atoms with van der Waals surface area (Å²) in [7, 11) is 1.29. The van der Waals surface area contributed by atoms with Crippen LogP contribution in [0.1, 0.15) is 32.6 Å². The highest BCUT2D eigenvalue weighted by atomic mass is 16.6. The van der Waals surface area contributed by atoms with Crippen molar-refractivity contribution in [2.75, 3.05) is 7.11 Å². The molecular weight excluding hydrogens is 238 g/mol. The summed E-state index contributed by atoms with van der Waals surface area (Å²) >= 11 is 0. The fourth-order valence-electron chi connectivity index (χ4n) is 2.87. The van der Waals surface area contributed by atoms with E-state index in [1.807, 2.05) is 0 Å². The van der Waals surface area contributed by atoms with Crippen molar-refractivity contribution in [1.82, 2.24) is 4.90 Å². The molecule has 18 heavy (non-hydrogen) atoms. The number of carbonyl (C=O) groups excluding carboxylic acids is 3. The van der Waals surface area contributed by atoms with E-state index in [1.165, 1.54) is 18.9 Å². The van der Waals surface area contributed by atoms with Crippen LogP contribution in [0.15, 0.2) is 0 Å². The quantitative estimate of drug-likeness (QED) is 0.650. The lowest BCUT2D eigenvalue weighted by molar-refractivity contribution is -0.159. The molecule has 0 aromatic heterocycles. The van der Waals surface area contributed by atoms with Gasteiger partial charge >= 0.3 is 12.1 Å². The van der Waals surface area contributed by atoms with E-state index in [2.05, 4.69) is 0 Å². The molecule has 0 unspecified atom stereocenters. The zero-order chi connectivity index (χ0) is 13.3. The molecule has 2 heterocycles. The smallest absolute Gasteiger partial charge is 0.410 e. The van der Waals surface area contributed by atoms with E-state index in [-0.39, 0.29) is 11.8 Å². The average molecular weight is 255 g/mol. The number of amides is 1. The number of hydrogen-bond donors (Lipinski definition) is 0. The maximum absolute atomic E-state index is 12.0. The Balaban J connectivity index is 2.24. The molecule has 2 bridgehead atoms. The molecule has 2 aliphatic rings. The van der Waals surface area contributed by atoms with Crippen LogP contribution in [0.5, 0.6) is 0 Å². The highest BCUT2D eigenvalue weighted by Gasteiger charge is 2.48. The SMILES string of the molecule is COC(=O)N1[C@@H]2CCC(=O)[C@H]1[C@@H](OC(C)=O)CC2. The molecule has 0 aromatic rings. The Morgan fingerprint density at radius 1 is 1.28 bits per heavy atom. The summed E-state index contributed by atoms with van der Waals surface area (Å²) in [4.78, 5) is 36.3. The van der Waals surface area contributed by atoms with Gasteiger partial charge in [-0.05, 0) is 19.3 Å². The number of rotatable bonds is 1. The molecule has 2 aliphatic heterocycles. The molecule has 2 fully saturated rings. The van der Waals surface area contributed by atoms with Gasteiger partial charge in [-0.15, -0.1) is 0 Å². The van der Waals surface area contributed by atoms with Crippen molar-refractivity contribution >= 4 is 17.8 Å². The van der Waals surface area contributed by atoms with E-state index in [4.69, 9.17) is 9.47 Å². The van der Waals surface area contributed by atoms with Gasteiger partial charge in [0.05, 0.1) is 7.11 Å². The van der Waals surface area contributed by atoms with Crippen LogP contribution in [-0.2, 0) is 19.1 Å². The van der Waals surface area contributed by atoms with E-state index < -0.39 is 24.2 Å². The van der Waals surface area contributed by atoms with Crippen LogP contribution in [0, 0.1) is 0 Å². The number of nitrogens with zero attached hydrogens (tertiary/aromatic N) is 1. The summed E-state index contributed by atoms with van der Waals surface area (Å²) < 4.78 is 9.89. The Bertz CT molecular complexity index is 381. The topological polar surface area (TPSA) is 72.9 Å². The van der Waals surface area contributed by atoms with Gasteiger partial charge < -0.3 is 9.47 Å². The molecule has 100 valence electrons. The van der Waals surface area contributed by atoms with Crippen molar-refractivity contribution in [3.05, 3.63) is 0 Å². The van der Waals surface area contributed by atoms with Gasteiger partial charge in [0.2, 0.25) is 0 Å². The third-order valence-corrected chi connectivity index (χ3v) is 3.59. The summed E-state index contributed by atoms with van der Waals surface area (Å²) in [6.07, 6.45) is 1.39. The molecule has 6 nitrogen and oxygen atoms in total. The Labute approximate surface area is 105 Å². The third-order valence-electron chi connectivity index (χ3n) is 3.59. The summed E-state index contributed by atoms with van der Waals surface area (Å²) in [5.74, 6) is -0.482. The Kier molecular flexibility index (Phi) is 3.54. The van der Waals surface area contributed by atoms with Gasteiger partial charge in [0.15, 0.2) is 5.78 Å². The van der Waals surface area contributed by atoms with Gasteiger partial charge in [-0.3, -0.25) is 14.5 Å². The van der Waals surface area contributed by atoms with E-state index in [9.17, 15) is 14.4 Å². The minimum atomic E-state index is -0.672. The molecule has 3 atom stereocenters. The lowest BCUT2D eigenvalue weighted by Gasteiger charge is -2.47. The number of piperidine rings is 2. The summed E-state index contributed by atoms with van der Waals surface area (Å²) in [5, 5.41) is 0. The zero-order valence-electron chi connectivity index (χ0n) is 10.5. The number of fused-ring (bicyclic) bond motifs is 2. The van der Waals surface area contributed by atoms with E-state index >= 15 is 0 Å². The fraction of sp³-hybridized carbons (Fsp3) is 0.750. The highest BCUT2D eigenvalue weighted by Crippen LogP contribution is 2.34. The molecule has 0 spiro atoms. The van der Waals surface area contributed by atoms with Gasteiger partial charge in [0.1, 0.15) is 12.1 Å². The number of ether oxygens (including phenoxy) is 2. The largest absolute Gasteiger partial charge is 0.460 e. The maximum Gasteiger partial charge on any atom is 0.410 e. The van der Waals surface area contributed by atoms with Crippen LogP contribution in [-0.4, -0.2) is 48.0 Å². The molecule has 0 aliphatic carbocycles. The molecule has 2 saturated heterocycles. The van der Waals surface area contributed by atoms with Gasteiger partial charge in [-0.1, -0.05) is 0 Å². The number of carbonyl (C=O) groups is 3. The van der Waals surface area contributed by atoms with E-state index in [0.29, 0.717) is 19.3 Å². The lowest BCUT2D eigenvalue weighted by atomic mass is 9.82. The van der Waals surface area contributed by atoms with Gasteiger partial charge in [0.25, 0.3) is 0 Å². The van der Waals surface area contributed by atoms with Crippen LogP contribution in [0.25, 0.3) is 0 Å². The molecule has 0 aromatic carbocycles. The van der Waals surface area contributed by atoms with Crippen molar-refractivity contribution < 1.29 is 23.9 Å². The number of hydrogen-bond acceptors (Lipinski definition) is 5. The second kappa shape index (κ2) is 4.96. The molecule has 0 saturated carbocycles. The molecule has 1 amide bonds. The summed E-state index contributed by atoms with van der Waals surface area (Å²) in [6, 6.07) is -0.652. The average Bonchev–Trinajstić information content (AvgIpc) is 2.34. The standard InChI is InChI=1S/C12H17NO5/c1-7(14)18-10-6-4-8-3-5-9(15)11(10)13(8)12(16)17-2/h8,10-11H,3-6H2,1-2H3/t8-,10+,11+/m1/s1. The van der Waals surface area contributed by atoms with Crippen LogP contribution in [0.2, 0.25) is 0 Å². The lowest BCUT2D eigenvalue weighted by Crippen LogP contribution is -2.62. The van der Waals surface area contributed by atoms with Crippen molar-refractivity contribution in [3.8, 4) is 0 Å². The second-order valence-electron chi connectivity index (χ2n) is 4.71. The van der Waals surface area contributed by atoms with Gasteiger partial charge in [-0.25, -0.2) is 4.79 Å². The summed E-state index contributed by atoms with van der Waals surface area (Å²) in [5.41, 5.74) is 0. The second-order valence-corrected chi connectivity index (χ2v) is 4.71. The minimum absolute atomic E-state index is 0.0203. The zero-order valence-corrected chi connectivity index (χ0v) is 10.5. The van der Waals surface area contributed by atoms with Crippen LogP contribution in [0.4, 0.5) is 4.79 Å². The molecule has 2 rings (SSSR count). The van der Waals surface area contributed by atoms with Crippen molar-refractivity contribution in [2.45, 2.75) is 50.8 Å². The van der Waals surface area contributed by atoms with E-state index in [1.54, 1.807) is 0 Å². The third kappa shape index (κ3) is 2.19. The number of methoxy groups -OCH3 is 1. The molecule has 0 N–H and O–H groups in total. The predicted octanol–water partition coefficient (Wildman–Crippen LogP) is 0.880. The predicted molar refractivity (Wildman–Crippen MR) is 60.8 cm³/mol. The first-order chi connectivity index (χ1) is 8.54. The first kappa shape index (κ1) is 12.9. The van der Waals surface area contributed by atoms with Crippen LogP contribution >= 0.6 is 0 Å². The normalized spacial score (nSPS) is 30.9. The molecule has 0 radical (unpaired) electrons. The fourth-order valence-corrected chi connectivity index (χ4v) is 2.87. The van der Waals surface area contributed by atoms with Gasteiger partial charge in [0, 0.05) is 19.4 Å². The van der Waals surface area contributed by atoms with Crippen molar-refractivity contribution in [1.29, 1.82) is 0 Å². The Morgan fingerprint density at radius 3 is 2.61 bits per heavy atom. The van der Waals surface area contributed by atoms with Crippen molar-refractivity contribution in [2.24, 2.45) is 0 Å². The van der Waals surface area contributed by atoms with Gasteiger partial charge in [-0.2, -0.15) is 0 Å². The van der Waals surface area contributed by atoms with Crippen LogP contribution in [0.3, 0.4) is 0 Å². The Morgan fingerprint density at radius 2 is 2.00 bits per heavy atom. The monoisotopic (exact) mass is 255 g/mol. The maximum atomic E-state index is 12.0. The number of esters is 1. The minimum Gasteiger partial charge on any atom is -0.460 e.